The SMILES string of the molecule is CN(C)CCCNC(=O)c1ccc(Nc2cccc(C#N)c2)nc1. The van der Waals surface area contributed by atoms with Gasteiger partial charge in [-0.05, 0) is 57.4 Å². The van der Waals surface area contributed by atoms with Crippen molar-refractivity contribution in [2.45, 2.75) is 6.42 Å². The van der Waals surface area contributed by atoms with E-state index >= 15 is 0 Å². The smallest absolute Gasteiger partial charge is 0.252 e. The predicted molar refractivity (Wildman–Crippen MR) is 94.2 cm³/mol. The van der Waals surface area contributed by atoms with Crippen LogP contribution < -0.4 is 10.6 Å². The number of nitrogens with zero attached hydrogens (tertiary/aromatic N) is 3. The minimum atomic E-state index is -0.126. The van der Waals surface area contributed by atoms with Gasteiger partial charge in [0.25, 0.3) is 5.91 Å². The van der Waals surface area contributed by atoms with Crippen LogP contribution in [-0.4, -0.2) is 43.0 Å². The monoisotopic (exact) mass is 323 g/mol. The third-order valence-electron chi connectivity index (χ3n) is 3.36. The molecule has 2 N–H and O–H groups in total. The molecule has 6 nitrogen and oxygen atoms in total. The first-order valence-electron chi connectivity index (χ1n) is 7.74. The fourth-order valence-electron chi connectivity index (χ4n) is 2.12. The zero-order valence-electron chi connectivity index (χ0n) is 13.9. The summed E-state index contributed by atoms with van der Waals surface area (Å²) in [6.07, 6.45) is 2.44. The van der Waals surface area contributed by atoms with E-state index in [2.05, 4.69) is 26.6 Å². The first-order chi connectivity index (χ1) is 11.6. The summed E-state index contributed by atoms with van der Waals surface area (Å²) in [5.41, 5.74) is 1.88. The molecule has 6 heteroatoms. The molecule has 0 saturated heterocycles. The molecular formula is C18H21N5O. The lowest BCUT2D eigenvalue weighted by Crippen LogP contribution is -2.27. The molecule has 0 bridgehead atoms. The van der Waals surface area contributed by atoms with Crippen molar-refractivity contribution >= 4 is 17.4 Å². The summed E-state index contributed by atoms with van der Waals surface area (Å²) in [7, 11) is 4.01. The zero-order valence-corrected chi connectivity index (χ0v) is 13.9. The van der Waals surface area contributed by atoms with Gasteiger partial charge in [0.15, 0.2) is 0 Å². The van der Waals surface area contributed by atoms with Crippen molar-refractivity contribution in [1.29, 1.82) is 5.26 Å². The lowest BCUT2D eigenvalue weighted by atomic mass is 10.2. The Morgan fingerprint density at radius 2 is 2.12 bits per heavy atom. The summed E-state index contributed by atoms with van der Waals surface area (Å²) in [5, 5.41) is 14.9. The maximum atomic E-state index is 12.0. The molecule has 124 valence electrons. The van der Waals surface area contributed by atoms with Gasteiger partial charge in [0.05, 0.1) is 17.2 Å². The van der Waals surface area contributed by atoms with Crippen molar-refractivity contribution in [3.63, 3.8) is 0 Å². The van der Waals surface area contributed by atoms with Crippen LogP contribution >= 0.6 is 0 Å². The number of nitrogens with one attached hydrogen (secondary N) is 2. The van der Waals surface area contributed by atoms with Crippen molar-refractivity contribution in [3.05, 3.63) is 53.7 Å². The van der Waals surface area contributed by atoms with Crippen LogP contribution in [0.5, 0.6) is 0 Å². The van der Waals surface area contributed by atoms with Gasteiger partial charge in [0.1, 0.15) is 5.82 Å². The van der Waals surface area contributed by atoms with Gasteiger partial charge in [-0.25, -0.2) is 4.98 Å². The second kappa shape index (κ2) is 8.65. The highest BCUT2D eigenvalue weighted by atomic mass is 16.1. The Morgan fingerprint density at radius 3 is 2.79 bits per heavy atom. The molecule has 0 saturated carbocycles. The van der Waals surface area contributed by atoms with Gasteiger partial charge < -0.3 is 15.5 Å². The third-order valence-corrected chi connectivity index (χ3v) is 3.36. The largest absolute Gasteiger partial charge is 0.352 e. The van der Waals surface area contributed by atoms with Gasteiger partial charge >= 0.3 is 0 Å². The number of anilines is 2. The van der Waals surface area contributed by atoms with E-state index in [1.54, 1.807) is 30.3 Å². The third kappa shape index (κ3) is 5.38. The highest BCUT2D eigenvalue weighted by molar-refractivity contribution is 5.94. The summed E-state index contributed by atoms with van der Waals surface area (Å²) < 4.78 is 0. The molecule has 0 fully saturated rings. The average molecular weight is 323 g/mol. The maximum absolute atomic E-state index is 12.0. The van der Waals surface area contributed by atoms with Crippen molar-refractivity contribution in [2.24, 2.45) is 0 Å². The number of rotatable bonds is 7. The topological polar surface area (TPSA) is 81.0 Å². The Balaban J connectivity index is 1.90. The summed E-state index contributed by atoms with van der Waals surface area (Å²) >= 11 is 0. The van der Waals surface area contributed by atoms with Gasteiger partial charge in [-0.15, -0.1) is 0 Å². The van der Waals surface area contributed by atoms with Crippen LogP contribution in [0.1, 0.15) is 22.3 Å². The van der Waals surface area contributed by atoms with Crippen molar-refractivity contribution in [1.82, 2.24) is 15.2 Å². The molecule has 0 unspecified atom stereocenters. The van der Waals surface area contributed by atoms with E-state index in [9.17, 15) is 4.79 Å². The number of nitriles is 1. The number of aromatic nitrogens is 1. The van der Waals surface area contributed by atoms with E-state index in [1.165, 1.54) is 6.20 Å². The second-order valence-corrected chi connectivity index (χ2v) is 5.66. The van der Waals surface area contributed by atoms with Crippen molar-refractivity contribution in [3.8, 4) is 6.07 Å². The van der Waals surface area contributed by atoms with Gasteiger partial charge in [-0.3, -0.25) is 4.79 Å². The zero-order chi connectivity index (χ0) is 17.4. The Labute approximate surface area is 142 Å². The standard InChI is InChI=1S/C18H21N5O/c1-23(2)10-4-9-20-18(24)15-7-8-17(21-13-15)22-16-6-3-5-14(11-16)12-19/h3,5-8,11,13H,4,9-10H2,1-2H3,(H,20,24)(H,21,22). The van der Waals surface area contributed by atoms with Crippen LogP contribution in [-0.2, 0) is 0 Å². The number of pyridine rings is 1. The van der Waals surface area contributed by atoms with E-state index in [-0.39, 0.29) is 5.91 Å². The molecule has 0 aliphatic carbocycles. The molecule has 0 aliphatic rings. The molecule has 0 radical (unpaired) electrons. The summed E-state index contributed by atoms with van der Waals surface area (Å²) in [6, 6.07) is 12.7. The van der Waals surface area contributed by atoms with E-state index in [0.29, 0.717) is 23.5 Å². The predicted octanol–water partition coefficient (Wildman–Crippen LogP) is 2.38. The fraction of sp³-hybridized carbons (Fsp3) is 0.278. The quantitative estimate of drug-likeness (QED) is 0.765. The number of carbonyl (C=O) groups excluding carboxylic acids is 1. The minimum Gasteiger partial charge on any atom is -0.352 e. The van der Waals surface area contributed by atoms with Gasteiger partial charge in [0, 0.05) is 18.4 Å². The van der Waals surface area contributed by atoms with Crippen LogP contribution in [0.3, 0.4) is 0 Å². The molecule has 1 heterocycles. The molecule has 0 aliphatic heterocycles. The number of carbonyl (C=O) groups is 1. The molecule has 24 heavy (non-hydrogen) atoms. The first kappa shape index (κ1) is 17.4. The lowest BCUT2D eigenvalue weighted by molar-refractivity contribution is 0.0952. The number of hydrogen-bond acceptors (Lipinski definition) is 5. The van der Waals surface area contributed by atoms with E-state index in [4.69, 9.17) is 5.26 Å². The number of amides is 1. The highest BCUT2D eigenvalue weighted by Crippen LogP contribution is 2.15. The normalized spacial score (nSPS) is 10.2. The molecule has 0 atom stereocenters. The maximum Gasteiger partial charge on any atom is 0.252 e. The van der Waals surface area contributed by atoms with Gasteiger partial charge in [0.2, 0.25) is 0 Å². The number of hydrogen-bond donors (Lipinski definition) is 2. The molecule has 1 aromatic heterocycles. The summed E-state index contributed by atoms with van der Waals surface area (Å²) in [5.74, 6) is 0.494. The average Bonchev–Trinajstić information content (AvgIpc) is 2.59. The van der Waals surface area contributed by atoms with Crippen molar-refractivity contribution < 1.29 is 4.79 Å². The molecule has 2 rings (SSSR count). The van der Waals surface area contributed by atoms with Crippen LogP contribution in [0.15, 0.2) is 42.6 Å². The van der Waals surface area contributed by atoms with Gasteiger partial charge in [-0.2, -0.15) is 5.26 Å². The van der Waals surface area contributed by atoms with Crippen LogP contribution in [0.2, 0.25) is 0 Å². The van der Waals surface area contributed by atoms with Crippen LogP contribution in [0.4, 0.5) is 11.5 Å². The lowest BCUT2D eigenvalue weighted by Gasteiger charge is -2.10. The highest BCUT2D eigenvalue weighted by Gasteiger charge is 2.06. The number of benzene rings is 1. The summed E-state index contributed by atoms with van der Waals surface area (Å²) in [6.45, 7) is 1.57. The molecule has 1 amide bonds. The Hall–Kier alpha value is -2.91. The van der Waals surface area contributed by atoms with Crippen LogP contribution in [0, 0.1) is 11.3 Å². The van der Waals surface area contributed by atoms with Crippen molar-refractivity contribution in [2.75, 3.05) is 32.5 Å². The van der Waals surface area contributed by atoms with E-state index in [1.807, 2.05) is 20.2 Å². The molecule has 2 aromatic rings. The van der Waals surface area contributed by atoms with Crippen LogP contribution in [0.25, 0.3) is 0 Å². The minimum absolute atomic E-state index is 0.126. The summed E-state index contributed by atoms with van der Waals surface area (Å²) in [4.78, 5) is 18.3. The second-order valence-electron chi connectivity index (χ2n) is 5.66. The first-order valence-corrected chi connectivity index (χ1v) is 7.74. The Morgan fingerprint density at radius 1 is 1.29 bits per heavy atom. The Kier molecular flexibility index (Phi) is 6.29. The molecular weight excluding hydrogens is 302 g/mol. The fourth-order valence-corrected chi connectivity index (χ4v) is 2.12. The molecule has 0 spiro atoms. The van der Waals surface area contributed by atoms with E-state index in [0.717, 1.165) is 18.7 Å². The van der Waals surface area contributed by atoms with E-state index < -0.39 is 0 Å². The Bertz CT molecular complexity index is 719. The molecule has 1 aromatic carbocycles. The van der Waals surface area contributed by atoms with Gasteiger partial charge in [-0.1, -0.05) is 6.07 Å².